The van der Waals surface area contributed by atoms with Gasteiger partial charge in [-0.1, -0.05) is 127 Å². The van der Waals surface area contributed by atoms with E-state index in [0.29, 0.717) is 17.5 Å². The van der Waals surface area contributed by atoms with Crippen molar-refractivity contribution in [1.82, 2.24) is 24.5 Å². The summed E-state index contributed by atoms with van der Waals surface area (Å²) in [6.07, 6.45) is 1.94. The number of rotatable bonds is 6. The second kappa shape index (κ2) is 13.0. The molecule has 56 heavy (non-hydrogen) atoms. The SMILES string of the molecule is c1ccc(-c2cnc(-c3ccc4oc5c(ccc6c5c5ccccc5n6-c5ccccc5)c4c3)c(-c3nc(-c4ccccc4)nc(-c4ccccc4)n3)c2)cc1. The van der Waals surface area contributed by atoms with Crippen molar-refractivity contribution in [2.45, 2.75) is 0 Å². The fourth-order valence-electron chi connectivity index (χ4n) is 7.87. The van der Waals surface area contributed by atoms with Gasteiger partial charge in [0.25, 0.3) is 0 Å². The molecule has 0 spiro atoms. The van der Waals surface area contributed by atoms with Crippen LogP contribution in [-0.4, -0.2) is 24.5 Å². The van der Waals surface area contributed by atoms with Gasteiger partial charge in [-0.05, 0) is 60.2 Å². The Balaban J connectivity index is 1.14. The quantitative estimate of drug-likeness (QED) is 0.171. The van der Waals surface area contributed by atoms with E-state index in [1.807, 2.05) is 91.1 Å². The average Bonchev–Trinajstić information content (AvgIpc) is 3.83. The van der Waals surface area contributed by atoms with Crippen molar-refractivity contribution < 1.29 is 4.42 Å². The topological polar surface area (TPSA) is 69.6 Å². The predicted octanol–water partition coefficient (Wildman–Crippen LogP) is 12.6. The molecule has 0 N–H and O–H groups in total. The Morgan fingerprint density at radius 1 is 0.411 bits per heavy atom. The van der Waals surface area contributed by atoms with Gasteiger partial charge in [0.05, 0.1) is 22.1 Å². The van der Waals surface area contributed by atoms with Gasteiger partial charge in [0.15, 0.2) is 17.5 Å². The van der Waals surface area contributed by atoms with E-state index in [0.717, 1.165) is 88.5 Å². The summed E-state index contributed by atoms with van der Waals surface area (Å²) in [5.74, 6) is 1.74. The summed E-state index contributed by atoms with van der Waals surface area (Å²) in [7, 11) is 0. The zero-order valence-electron chi connectivity index (χ0n) is 30.0. The first-order chi connectivity index (χ1) is 27.8. The highest BCUT2D eigenvalue weighted by Gasteiger charge is 2.21. The molecule has 0 aliphatic heterocycles. The van der Waals surface area contributed by atoms with E-state index in [-0.39, 0.29) is 0 Å². The smallest absolute Gasteiger partial charge is 0.166 e. The van der Waals surface area contributed by atoms with Crippen molar-refractivity contribution in [3.63, 3.8) is 0 Å². The van der Waals surface area contributed by atoms with Crippen LogP contribution in [0.25, 0.3) is 106 Å². The molecule has 4 heterocycles. The predicted molar refractivity (Wildman–Crippen MR) is 226 cm³/mol. The Kier molecular flexibility index (Phi) is 7.38. The number of para-hydroxylation sites is 2. The lowest BCUT2D eigenvalue weighted by Gasteiger charge is -2.13. The zero-order valence-corrected chi connectivity index (χ0v) is 30.0. The summed E-state index contributed by atoms with van der Waals surface area (Å²) in [5.41, 5.74) is 11.4. The molecule has 6 heteroatoms. The lowest BCUT2D eigenvalue weighted by Crippen LogP contribution is -2.02. The molecule has 0 radical (unpaired) electrons. The molecule has 11 aromatic rings. The first kappa shape index (κ1) is 31.8. The van der Waals surface area contributed by atoms with Crippen LogP contribution >= 0.6 is 0 Å². The van der Waals surface area contributed by atoms with Crippen molar-refractivity contribution in [2.75, 3.05) is 0 Å². The maximum atomic E-state index is 6.77. The van der Waals surface area contributed by atoms with Gasteiger partial charge in [-0.25, -0.2) is 15.0 Å². The third-order valence-corrected chi connectivity index (χ3v) is 10.5. The number of hydrogen-bond acceptors (Lipinski definition) is 5. The van der Waals surface area contributed by atoms with Crippen LogP contribution in [0.3, 0.4) is 0 Å². The van der Waals surface area contributed by atoms with Crippen LogP contribution in [-0.2, 0) is 0 Å². The number of furan rings is 1. The Hall–Kier alpha value is -7.70. The monoisotopic (exact) mass is 717 g/mol. The molecule has 0 saturated heterocycles. The van der Waals surface area contributed by atoms with E-state index < -0.39 is 0 Å². The number of pyridine rings is 1. The maximum Gasteiger partial charge on any atom is 0.166 e. The Labute approximate surface area is 322 Å². The van der Waals surface area contributed by atoms with Crippen molar-refractivity contribution in [3.8, 4) is 62.2 Å². The number of fused-ring (bicyclic) bond motifs is 7. The second-order valence-corrected chi connectivity index (χ2v) is 13.9. The van der Waals surface area contributed by atoms with Crippen LogP contribution < -0.4 is 0 Å². The highest BCUT2D eigenvalue weighted by atomic mass is 16.3. The number of benzene rings is 7. The molecule has 0 unspecified atom stereocenters. The molecule has 0 aliphatic carbocycles. The standard InChI is InChI=1S/C50H31N5O/c1-5-15-32(16-6-1)36-30-41(50-53-48(33-17-7-2-8-18-33)52-49(54-50)34-19-9-3-10-20-34)46(51-31-36)35-25-28-44-40(29-35)38-26-27-43-45(47(38)56-44)39-23-13-14-24-42(39)55(43)37-21-11-4-12-22-37/h1-31H. The van der Waals surface area contributed by atoms with Gasteiger partial charge >= 0.3 is 0 Å². The molecule has 0 amide bonds. The third-order valence-electron chi connectivity index (χ3n) is 10.5. The Morgan fingerprint density at radius 3 is 1.71 bits per heavy atom. The molecule has 0 atom stereocenters. The summed E-state index contributed by atoms with van der Waals surface area (Å²) in [4.78, 5) is 20.4. The molecule has 0 aliphatic rings. The van der Waals surface area contributed by atoms with Gasteiger partial charge in [0.2, 0.25) is 0 Å². The normalized spacial score (nSPS) is 11.6. The van der Waals surface area contributed by atoms with Crippen LogP contribution in [0.1, 0.15) is 0 Å². The lowest BCUT2D eigenvalue weighted by molar-refractivity contribution is 0.673. The molecule has 0 saturated carbocycles. The molecule has 11 rings (SSSR count). The van der Waals surface area contributed by atoms with Crippen LogP contribution in [0.2, 0.25) is 0 Å². The molecule has 262 valence electrons. The average molecular weight is 718 g/mol. The van der Waals surface area contributed by atoms with Crippen molar-refractivity contribution in [3.05, 3.63) is 188 Å². The van der Waals surface area contributed by atoms with Crippen LogP contribution in [0, 0.1) is 0 Å². The summed E-state index contributed by atoms with van der Waals surface area (Å²) in [6.45, 7) is 0. The number of aromatic nitrogens is 5. The molecular formula is C50H31N5O. The van der Waals surface area contributed by atoms with Gasteiger partial charge in [-0.2, -0.15) is 0 Å². The fourth-order valence-corrected chi connectivity index (χ4v) is 7.87. The molecule has 6 nitrogen and oxygen atoms in total. The molecular weight excluding hydrogens is 687 g/mol. The maximum absolute atomic E-state index is 6.77. The summed E-state index contributed by atoms with van der Waals surface area (Å²) >= 11 is 0. The number of hydrogen-bond donors (Lipinski definition) is 0. The lowest BCUT2D eigenvalue weighted by atomic mass is 9.98. The van der Waals surface area contributed by atoms with E-state index in [2.05, 4.69) is 102 Å². The van der Waals surface area contributed by atoms with E-state index in [9.17, 15) is 0 Å². The molecule has 7 aromatic carbocycles. The van der Waals surface area contributed by atoms with Crippen LogP contribution in [0.5, 0.6) is 0 Å². The molecule has 0 bridgehead atoms. The minimum Gasteiger partial charge on any atom is -0.455 e. The first-order valence-corrected chi connectivity index (χ1v) is 18.6. The Bertz CT molecular complexity index is 3170. The zero-order chi connectivity index (χ0) is 37.0. The first-order valence-electron chi connectivity index (χ1n) is 18.6. The van der Waals surface area contributed by atoms with Crippen molar-refractivity contribution in [1.29, 1.82) is 0 Å². The highest BCUT2D eigenvalue weighted by molar-refractivity contribution is 6.24. The van der Waals surface area contributed by atoms with Gasteiger partial charge < -0.3 is 8.98 Å². The van der Waals surface area contributed by atoms with Crippen molar-refractivity contribution >= 4 is 43.7 Å². The van der Waals surface area contributed by atoms with Gasteiger partial charge in [0, 0.05) is 55.9 Å². The highest BCUT2D eigenvalue weighted by Crippen LogP contribution is 2.42. The van der Waals surface area contributed by atoms with Gasteiger partial charge in [-0.15, -0.1) is 0 Å². The van der Waals surface area contributed by atoms with E-state index in [1.54, 1.807) is 0 Å². The molecule has 0 fully saturated rings. The van der Waals surface area contributed by atoms with E-state index in [1.165, 1.54) is 0 Å². The summed E-state index contributed by atoms with van der Waals surface area (Å²) < 4.78 is 9.08. The third kappa shape index (κ3) is 5.27. The Morgan fingerprint density at radius 2 is 1.02 bits per heavy atom. The van der Waals surface area contributed by atoms with Gasteiger partial charge in [0.1, 0.15) is 11.2 Å². The summed E-state index contributed by atoms with van der Waals surface area (Å²) in [5, 5.41) is 4.31. The van der Waals surface area contributed by atoms with Gasteiger partial charge in [-0.3, -0.25) is 4.98 Å². The molecule has 4 aromatic heterocycles. The van der Waals surface area contributed by atoms with Crippen LogP contribution in [0.4, 0.5) is 0 Å². The summed E-state index contributed by atoms with van der Waals surface area (Å²) in [6, 6.07) is 62.3. The van der Waals surface area contributed by atoms with E-state index >= 15 is 0 Å². The second-order valence-electron chi connectivity index (χ2n) is 13.9. The minimum atomic E-state index is 0.547. The number of nitrogens with zero attached hydrogens (tertiary/aromatic N) is 5. The largest absolute Gasteiger partial charge is 0.455 e. The van der Waals surface area contributed by atoms with Crippen molar-refractivity contribution in [2.24, 2.45) is 0 Å². The van der Waals surface area contributed by atoms with E-state index in [4.69, 9.17) is 24.4 Å². The minimum absolute atomic E-state index is 0.547. The fraction of sp³-hybridized carbons (Fsp3) is 0. The van der Waals surface area contributed by atoms with Crippen LogP contribution in [0.15, 0.2) is 193 Å².